The second-order valence-electron chi connectivity index (χ2n) is 4.70. The number of thioether (sulfide) groups is 1. The first-order chi connectivity index (χ1) is 9.61. The van der Waals surface area contributed by atoms with E-state index >= 15 is 0 Å². The summed E-state index contributed by atoms with van der Waals surface area (Å²) in [4.78, 5) is 15.9. The van der Waals surface area contributed by atoms with Crippen LogP contribution in [0.5, 0.6) is 0 Å². The van der Waals surface area contributed by atoms with Crippen LogP contribution in [0.3, 0.4) is 0 Å². The Labute approximate surface area is 122 Å². The van der Waals surface area contributed by atoms with E-state index in [0.717, 1.165) is 12.2 Å². The molecular weight excluding hydrogens is 272 g/mol. The molecule has 2 rings (SSSR count). The summed E-state index contributed by atoms with van der Waals surface area (Å²) in [5, 5.41) is 13.3. The van der Waals surface area contributed by atoms with Crippen molar-refractivity contribution in [3.8, 4) is 0 Å². The summed E-state index contributed by atoms with van der Waals surface area (Å²) in [6.45, 7) is 2.08. The number of fused-ring (bicyclic) bond motifs is 1. The number of hydrogen-bond acceptors (Lipinski definition) is 4. The van der Waals surface area contributed by atoms with Gasteiger partial charge in [-0.25, -0.2) is 9.78 Å². The van der Waals surface area contributed by atoms with Crippen LogP contribution in [0, 0.1) is 0 Å². The zero-order valence-corrected chi connectivity index (χ0v) is 12.4. The highest BCUT2D eigenvalue weighted by Gasteiger charge is 2.12. The average molecular weight is 290 g/mol. The van der Waals surface area contributed by atoms with Crippen LogP contribution < -0.4 is 5.32 Å². The quantitative estimate of drug-likeness (QED) is 0.852. The Morgan fingerprint density at radius 2 is 2.20 bits per heavy atom. The highest BCUT2D eigenvalue weighted by atomic mass is 32.2. The van der Waals surface area contributed by atoms with Crippen LogP contribution in [0.15, 0.2) is 30.3 Å². The topological polar surface area (TPSA) is 62.2 Å². The first-order valence-electron chi connectivity index (χ1n) is 6.50. The number of nitrogens with one attached hydrogen (secondary N) is 1. The smallest absolute Gasteiger partial charge is 0.336 e. The summed E-state index contributed by atoms with van der Waals surface area (Å²) in [5.41, 5.74) is 0.988. The predicted octanol–water partition coefficient (Wildman–Crippen LogP) is 3.49. The third kappa shape index (κ3) is 3.42. The number of para-hydroxylation sites is 1. The van der Waals surface area contributed by atoms with Gasteiger partial charge in [0.15, 0.2) is 0 Å². The third-order valence-electron chi connectivity index (χ3n) is 3.10. The maximum Gasteiger partial charge on any atom is 0.336 e. The van der Waals surface area contributed by atoms with Gasteiger partial charge in [0.1, 0.15) is 5.82 Å². The summed E-state index contributed by atoms with van der Waals surface area (Å²) in [5.74, 6) is 0.756. The van der Waals surface area contributed by atoms with Crippen LogP contribution in [0.25, 0.3) is 10.9 Å². The second-order valence-corrected chi connectivity index (χ2v) is 5.69. The van der Waals surface area contributed by atoms with E-state index in [-0.39, 0.29) is 11.6 Å². The summed E-state index contributed by atoms with van der Waals surface area (Å²) in [7, 11) is 0. The molecule has 106 valence electrons. The van der Waals surface area contributed by atoms with Crippen LogP contribution in [0.2, 0.25) is 0 Å². The lowest BCUT2D eigenvalue weighted by Gasteiger charge is -2.15. The van der Waals surface area contributed by atoms with Crippen molar-refractivity contribution in [2.24, 2.45) is 0 Å². The Bertz CT molecular complexity index is 616. The van der Waals surface area contributed by atoms with Crippen molar-refractivity contribution < 1.29 is 9.90 Å². The fourth-order valence-corrected chi connectivity index (χ4v) is 2.63. The fourth-order valence-electron chi connectivity index (χ4n) is 2.05. The predicted molar refractivity (Wildman–Crippen MR) is 84.8 cm³/mol. The monoisotopic (exact) mass is 290 g/mol. The molecule has 2 aromatic rings. The Morgan fingerprint density at radius 3 is 2.90 bits per heavy atom. The van der Waals surface area contributed by atoms with Crippen LogP contribution in [-0.2, 0) is 0 Å². The molecule has 0 aliphatic rings. The highest BCUT2D eigenvalue weighted by Crippen LogP contribution is 2.21. The number of pyridine rings is 1. The molecule has 0 fully saturated rings. The molecule has 0 amide bonds. The van der Waals surface area contributed by atoms with Gasteiger partial charge in [0.05, 0.1) is 11.1 Å². The Hall–Kier alpha value is -1.75. The molecule has 1 aromatic heterocycles. The minimum absolute atomic E-state index is 0.262. The first kappa shape index (κ1) is 14.7. The number of aromatic carboxylic acids is 1. The van der Waals surface area contributed by atoms with E-state index < -0.39 is 5.97 Å². The van der Waals surface area contributed by atoms with E-state index in [1.54, 1.807) is 23.9 Å². The van der Waals surface area contributed by atoms with E-state index in [9.17, 15) is 9.90 Å². The van der Waals surface area contributed by atoms with Crippen molar-refractivity contribution in [2.75, 3.05) is 17.3 Å². The lowest BCUT2D eigenvalue weighted by molar-refractivity contribution is 0.0699. The third-order valence-corrected chi connectivity index (χ3v) is 3.74. The van der Waals surface area contributed by atoms with Crippen LogP contribution in [0.4, 0.5) is 5.82 Å². The number of nitrogens with zero attached hydrogens (tertiary/aromatic N) is 1. The highest BCUT2D eigenvalue weighted by molar-refractivity contribution is 7.98. The average Bonchev–Trinajstić information content (AvgIpc) is 2.44. The molecule has 0 aliphatic carbocycles. The maximum absolute atomic E-state index is 11.4. The molecule has 0 saturated heterocycles. The molecule has 1 atom stereocenters. The van der Waals surface area contributed by atoms with Crippen molar-refractivity contribution >= 4 is 34.5 Å². The van der Waals surface area contributed by atoms with Gasteiger partial charge >= 0.3 is 5.97 Å². The molecule has 0 radical (unpaired) electrons. The van der Waals surface area contributed by atoms with Crippen molar-refractivity contribution in [1.82, 2.24) is 4.98 Å². The van der Waals surface area contributed by atoms with Crippen molar-refractivity contribution in [3.63, 3.8) is 0 Å². The van der Waals surface area contributed by atoms with E-state index in [2.05, 4.69) is 23.5 Å². The number of carbonyl (C=O) groups is 1. The van der Waals surface area contributed by atoms with Gasteiger partial charge in [-0.05, 0) is 37.5 Å². The molecule has 0 aliphatic heterocycles. The summed E-state index contributed by atoms with van der Waals surface area (Å²) >= 11 is 1.80. The molecule has 1 heterocycles. The molecule has 0 spiro atoms. The molecule has 0 saturated carbocycles. The zero-order chi connectivity index (χ0) is 14.5. The molecule has 2 N–H and O–H groups in total. The van der Waals surface area contributed by atoms with Gasteiger partial charge < -0.3 is 10.4 Å². The number of carboxylic acid groups (broad SMARTS) is 1. The van der Waals surface area contributed by atoms with Gasteiger partial charge in [-0.2, -0.15) is 11.8 Å². The Morgan fingerprint density at radius 1 is 1.45 bits per heavy atom. The zero-order valence-electron chi connectivity index (χ0n) is 11.6. The van der Waals surface area contributed by atoms with Gasteiger partial charge in [-0.1, -0.05) is 18.2 Å². The van der Waals surface area contributed by atoms with E-state index in [1.165, 1.54) is 0 Å². The Balaban J connectivity index is 2.32. The summed E-state index contributed by atoms with van der Waals surface area (Å²) < 4.78 is 0. The normalized spacial score (nSPS) is 12.3. The van der Waals surface area contributed by atoms with Crippen LogP contribution >= 0.6 is 11.8 Å². The minimum atomic E-state index is -0.927. The number of carboxylic acids is 1. The number of rotatable bonds is 6. The van der Waals surface area contributed by atoms with Crippen molar-refractivity contribution in [3.05, 3.63) is 35.9 Å². The summed E-state index contributed by atoms with van der Waals surface area (Å²) in [6.07, 6.45) is 3.08. The number of aromatic nitrogens is 1. The lowest BCUT2D eigenvalue weighted by atomic mass is 10.1. The molecule has 5 heteroatoms. The van der Waals surface area contributed by atoms with Gasteiger partial charge in [0.25, 0.3) is 0 Å². The maximum atomic E-state index is 11.4. The van der Waals surface area contributed by atoms with Crippen LogP contribution in [0.1, 0.15) is 23.7 Å². The minimum Gasteiger partial charge on any atom is -0.478 e. The Kier molecular flexibility index (Phi) is 4.84. The number of anilines is 1. The number of hydrogen-bond donors (Lipinski definition) is 2. The van der Waals surface area contributed by atoms with Gasteiger partial charge in [-0.15, -0.1) is 0 Å². The largest absolute Gasteiger partial charge is 0.478 e. The second kappa shape index (κ2) is 6.61. The fraction of sp³-hybridized carbons (Fsp3) is 0.333. The molecule has 0 bridgehead atoms. The molecule has 1 unspecified atom stereocenters. The number of benzene rings is 1. The van der Waals surface area contributed by atoms with Gasteiger partial charge in [0.2, 0.25) is 0 Å². The SMILES string of the molecule is CSCCC(C)Nc1cc(C(=O)O)c2ccccc2n1. The standard InChI is InChI=1S/C15H18N2O2S/c1-10(7-8-20-2)16-14-9-12(15(18)19)11-5-3-4-6-13(11)17-14/h3-6,9-10H,7-8H2,1-2H3,(H,16,17)(H,18,19). The van der Waals surface area contributed by atoms with E-state index in [4.69, 9.17) is 0 Å². The van der Waals surface area contributed by atoms with Crippen LogP contribution in [-0.4, -0.2) is 34.1 Å². The summed E-state index contributed by atoms with van der Waals surface area (Å²) in [6, 6.07) is 9.18. The van der Waals surface area contributed by atoms with E-state index in [0.29, 0.717) is 16.7 Å². The van der Waals surface area contributed by atoms with Crippen molar-refractivity contribution in [2.45, 2.75) is 19.4 Å². The van der Waals surface area contributed by atoms with Gasteiger partial charge in [0, 0.05) is 11.4 Å². The van der Waals surface area contributed by atoms with Crippen molar-refractivity contribution in [1.29, 1.82) is 0 Å². The van der Waals surface area contributed by atoms with E-state index in [1.807, 2.05) is 18.2 Å². The molecule has 1 aromatic carbocycles. The van der Waals surface area contributed by atoms with Gasteiger partial charge in [-0.3, -0.25) is 0 Å². The molecule has 20 heavy (non-hydrogen) atoms. The molecular formula is C15H18N2O2S. The first-order valence-corrected chi connectivity index (χ1v) is 7.89. The lowest BCUT2D eigenvalue weighted by Crippen LogP contribution is -2.17. The molecule has 4 nitrogen and oxygen atoms in total.